The molecule has 128 valence electrons. The molecule has 0 aromatic heterocycles. The van der Waals surface area contributed by atoms with Crippen LogP contribution in [0.3, 0.4) is 0 Å². The Morgan fingerprint density at radius 2 is 1.75 bits per heavy atom. The summed E-state index contributed by atoms with van der Waals surface area (Å²) in [7, 11) is 1.91. The van der Waals surface area contributed by atoms with E-state index in [1.807, 2.05) is 73.5 Å². The van der Waals surface area contributed by atoms with Crippen molar-refractivity contribution in [3.63, 3.8) is 0 Å². The van der Waals surface area contributed by atoms with Crippen molar-refractivity contribution in [2.75, 3.05) is 18.9 Å². The van der Waals surface area contributed by atoms with Gasteiger partial charge in [-0.25, -0.2) is 0 Å². The summed E-state index contributed by atoms with van der Waals surface area (Å²) in [5, 5.41) is 12.5. The molecule has 0 saturated heterocycles. The number of likely N-dealkylation sites (N-methyl/N-ethyl adjacent to an activating group) is 1. The van der Waals surface area contributed by atoms with Crippen LogP contribution in [0.15, 0.2) is 54.6 Å². The van der Waals surface area contributed by atoms with Crippen LogP contribution in [0.4, 0.5) is 5.69 Å². The summed E-state index contributed by atoms with van der Waals surface area (Å²) >= 11 is 0. The summed E-state index contributed by atoms with van der Waals surface area (Å²) in [6.07, 6.45) is 0.238. The zero-order valence-corrected chi connectivity index (χ0v) is 14.6. The van der Waals surface area contributed by atoms with Gasteiger partial charge in [0.2, 0.25) is 5.91 Å². The number of amides is 1. The maximum Gasteiger partial charge on any atom is 0.246 e. The maximum absolute atomic E-state index is 12.9. The van der Waals surface area contributed by atoms with Crippen molar-refractivity contribution in [2.24, 2.45) is 0 Å². The van der Waals surface area contributed by atoms with Gasteiger partial charge in [0.1, 0.15) is 6.04 Å². The van der Waals surface area contributed by atoms with E-state index in [1.165, 1.54) is 0 Å². The van der Waals surface area contributed by atoms with Crippen molar-refractivity contribution in [3.05, 3.63) is 65.7 Å². The first kappa shape index (κ1) is 18.2. The molecule has 0 aliphatic heterocycles. The van der Waals surface area contributed by atoms with E-state index in [2.05, 4.69) is 5.32 Å². The molecule has 2 rings (SSSR count). The third kappa shape index (κ3) is 5.18. The normalized spacial score (nSPS) is 13.5. The van der Waals surface area contributed by atoms with E-state index in [1.54, 1.807) is 6.92 Å². The largest absolute Gasteiger partial charge is 0.393 e. The fraction of sp³-hybridized carbons (Fsp3) is 0.350. The molecule has 2 atom stereocenters. The van der Waals surface area contributed by atoms with E-state index in [0.717, 1.165) is 16.8 Å². The molecule has 2 unspecified atom stereocenters. The Morgan fingerprint density at radius 1 is 1.12 bits per heavy atom. The van der Waals surface area contributed by atoms with Crippen LogP contribution >= 0.6 is 0 Å². The van der Waals surface area contributed by atoms with Gasteiger partial charge in [-0.2, -0.15) is 0 Å². The lowest BCUT2D eigenvalue weighted by molar-refractivity contribution is -0.121. The second-order valence-corrected chi connectivity index (χ2v) is 6.29. The Balaban J connectivity index is 2.18. The Kier molecular flexibility index (Phi) is 6.53. The lowest BCUT2D eigenvalue weighted by atomic mass is 10.0. The molecule has 2 aromatic carbocycles. The van der Waals surface area contributed by atoms with E-state index in [4.69, 9.17) is 0 Å². The number of hydrogen-bond donors (Lipinski definition) is 2. The number of aliphatic hydroxyl groups excluding tert-OH is 1. The smallest absolute Gasteiger partial charge is 0.246 e. The van der Waals surface area contributed by atoms with Gasteiger partial charge in [0.05, 0.1) is 6.10 Å². The summed E-state index contributed by atoms with van der Waals surface area (Å²) in [4.78, 5) is 14.8. The van der Waals surface area contributed by atoms with Crippen molar-refractivity contribution >= 4 is 11.6 Å². The molecular weight excluding hydrogens is 300 g/mol. The number of nitrogens with one attached hydrogen (secondary N) is 1. The van der Waals surface area contributed by atoms with E-state index in [-0.39, 0.29) is 12.0 Å². The van der Waals surface area contributed by atoms with Gasteiger partial charge in [-0.1, -0.05) is 48.0 Å². The fourth-order valence-electron chi connectivity index (χ4n) is 2.61. The van der Waals surface area contributed by atoms with Gasteiger partial charge in [0.15, 0.2) is 0 Å². The highest BCUT2D eigenvalue weighted by Gasteiger charge is 2.25. The molecule has 0 spiro atoms. The van der Waals surface area contributed by atoms with Crippen LogP contribution in [0.25, 0.3) is 0 Å². The number of rotatable bonds is 7. The summed E-state index contributed by atoms with van der Waals surface area (Å²) < 4.78 is 0. The van der Waals surface area contributed by atoms with Gasteiger partial charge >= 0.3 is 0 Å². The first-order chi connectivity index (χ1) is 11.5. The summed E-state index contributed by atoms with van der Waals surface area (Å²) in [6.45, 7) is 4.42. The molecule has 0 heterocycles. The SMILES string of the molecule is Cc1ccc(NC(=O)C(c2ccccc2)N(C)CCC(C)O)cc1. The van der Waals surface area contributed by atoms with Crippen LogP contribution < -0.4 is 5.32 Å². The van der Waals surface area contributed by atoms with Crippen molar-refractivity contribution in [1.29, 1.82) is 0 Å². The zero-order chi connectivity index (χ0) is 17.5. The molecule has 24 heavy (non-hydrogen) atoms. The van der Waals surface area contributed by atoms with Crippen molar-refractivity contribution in [1.82, 2.24) is 4.90 Å². The van der Waals surface area contributed by atoms with E-state index >= 15 is 0 Å². The first-order valence-corrected chi connectivity index (χ1v) is 8.28. The standard InChI is InChI=1S/C20H26N2O2/c1-15-9-11-18(12-10-15)21-20(24)19(17-7-5-4-6-8-17)22(3)14-13-16(2)23/h4-12,16,19,23H,13-14H2,1-3H3,(H,21,24). The number of carbonyl (C=O) groups is 1. The Bertz CT molecular complexity index is 638. The molecule has 1 amide bonds. The number of nitrogens with zero attached hydrogens (tertiary/aromatic N) is 1. The second kappa shape index (κ2) is 8.62. The molecule has 2 N–H and O–H groups in total. The highest BCUT2D eigenvalue weighted by Crippen LogP contribution is 2.22. The van der Waals surface area contributed by atoms with Gasteiger partial charge in [-0.05, 0) is 45.0 Å². The number of benzene rings is 2. The van der Waals surface area contributed by atoms with Crippen molar-refractivity contribution in [2.45, 2.75) is 32.4 Å². The van der Waals surface area contributed by atoms with Gasteiger partial charge in [0.25, 0.3) is 0 Å². The average molecular weight is 326 g/mol. The van der Waals surface area contributed by atoms with E-state index in [0.29, 0.717) is 13.0 Å². The Morgan fingerprint density at radius 3 is 2.33 bits per heavy atom. The van der Waals surface area contributed by atoms with Crippen LogP contribution in [0, 0.1) is 6.92 Å². The molecule has 0 saturated carbocycles. The summed E-state index contributed by atoms with van der Waals surface area (Å²) in [6, 6.07) is 17.1. The molecule has 0 radical (unpaired) electrons. The predicted octanol–water partition coefficient (Wildman–Crippen LogP) is 3.38. The molecule has 0 bridgehead atoms. The Hall–Kier alpha value is -2.17. The monoisotopic (exact) mass is 326 g/mol. The number of carbonyl (C=O) groups excluding carboxylic acids is 1. The maximum atomic E-state index is 12.9. The molecule has 0 aliphatic rings. The summed E-state index contributed by atoms with van der Waals surface area (Å²) in [5.74, 6) is -0.0712. The topological polar surface area (TPSA) is 52.6 Å². The number of aliphatic hydroxyl groups is 1. The van der Waals surface area contributed by atoms with Gasteiger partial charge in [0, 0.05) is 12.2 Å². The van der Waals surface area contributed by atoms with Crippen LogP contribution in [-0.2, 0) is 4.79 Å². The number of hydrogen-bond acceptors (Lipinski definition) is 3. The molecule has 2 aromatic rings. The quantitative estimate of drug-likeness (QED) is 0.820. The van der Waals surface area contributed by atoms with Gasteiger partial charge < -0.3 is 10.4 Å². The number of anilines is 1. The van der Waals surface area contributed by atoms with E-state index in [9.17, 15) is 9.90 Å². The third-order valence-electron chi connectivity index (χ3n) is 4.02. The average Bonchev–Trinajstić information content (AvgIpc) is 2.56. The van der Waals surface area contributed by atoms with Gasteiger partial charge in [-0.15, -0.1) is 0 Å². The van der Waals surface area contributed by atoms with Crippen molar-refractivity contribution in [3.8, 4) is 0 Å². The lowest BCUT2D eigenvalue weighted by Gasteiger charge is -2.28. The third-order valence-corrected chi connectivity index (χ3v) is 4.02. The van der Waals surface area contributed by atoms with Crippen molar-refractivity contribution < 1.29 is 9.90 Å². The van der Waals surface area contributed by atoms with Crippen LogP contribution in [0.5, 0.6) is 0 Å². The van der Waals surface area contributed by atoms with Gasteiger partial charge in [-0.3, -0.25) is 9.69 Å². The Labute approximate surface area is 144 Å². The van der Waals surface area contributed by atoms with E-state index < -0.39 is 6.04 Å². The fourth-order valence-corrected chi connectivity index (χ4v) is 2.61. The molecule has 4 heteroatoms. The zero-order valence-electron chi connectivity index (χ0n) is 14.6. The predicted molar refractivity (Wildman–Crippen MR) is 97.9 cm³/mol. The minimum atomic E-state index is -0.397. The first-order valence-electron chi connectivity index (χ1n) is 8.28. The minimum Gasteiger partial charge on any atom is -0.393 e. The van der Waals surface area contributed by atoms with Crippen LogP contribution in [0.1, 0.15) is 30.5 Å². The lowest BCUT2D eigenvalue weighted by Crippen LogP contribution is -2.36. The molecule has 0 fully saturated rings. The minimum absolute atomic E-state index is 0.0712. The van der Waals surface area contributed by atoms with Crippen LogP contribution in [-0.4, -0.2) is 35.6 Å². The highest BCUT2D eigenvalue weighted by atomic mass is 16.3. The second-order valence-electron chi connectivity index (χ2n) is 6.29. The molecule has 0 aliphatic carbocycles. The summed E-state index contributed by atoms with van der Waals surface area (Å²) in [5.41, 5.74) is 2.88. The number of aryl methyl sites for hydroxylation is 1. The molecular formula is C20H26N2O2. The molecule has 4 nitrogen and oxygen atoms in total. The highest BCUT2D eigenvalue weighted by molar-refractivity contribution is 5.95. The van der Waals surface area contributed by atoms with Crippen LogP contribution in [0.2, 0.25) is 0 Å².